The third-order valence-electron chi connectivity index (χ3n) is 3.53. The first-order valence-electron chi connectivity index (χ1n) is 7.31. The SMILES string of the molecule is CN(C)C1=N/C(=C(/N)Sc2ccc(F)cc2)N(N)c2ccccc21. The number of halogens is 1. The molecule has 2 aromatic carbocycles. The van der Waals surface area contributed by atoms with Gasteiger partial charge in [-0.1, -0.05) is 23.9 Å². The molecule has 0 atom stereocenters. The number of hydrazine groups is 1. The second kappa shape index (κ2) is 6.54. The molecular weight excluding hydrogens is 325 g/mol. The Balaban J connectivity index is 2.03. The number of nitrogens with zero attached hydrogens (tertiary/aromatic N) is 3. The Kier molecular flexibility index (Phi) is 4.46. The van der Waals surface area contributed by atoms with E-state index in [9.17, 15) is 4.39 Å². The molecule has 1 aliphatic heterocycles. The van der Waals surface area contributed by atoms with Crippen LogP contribution in [0.15, 0.2) is 69.3 Å². The molecule has 1 heterocycles. The fourth-order valence-electron chi connectivity index (χ4n) is 2.39. The second-order valence-corrected chi connectivity index (χ2v) is 6.58. The van der Waals surface area contributed by atoms with Crippen LogP contribution in [0.4, 0.5) is 10.1 Å². The number of anilines is 1. The molecule has 0 aliphatic carbocycles. The summed E-state index contributed by atoms with van der Waals surface area (Å²) in [7, 11) is 3.84. The van der Waals surface area contributed by atoms with Crippen LogP contribution in [0.5, 0.6) is 0 Å². The lowest BCUT2D eigenvalue weighted by atomic mass is 10.1. The van der Waals surface area contributed by atoms with E-state index in [1.54, 1.807) is 12.1 Å². The molecule has 5 nitrogen and oxygen atoms in total. The molecule has 0 amide bonds. The molecule has 3 rings (SSSR count). The standard InChI is InChI=1S/C17H18FN5S/c1-22(2)16-13-5-3-4-6-14(13)23(20)17(21-16)15(19)24-12-9-7-11(18)8-10-12/h3-10H,19-20H2,1-2H3/b17-15+. The zero-order valence-electron chi connectivity index (χ0n) is 13.4. The molecule has 4 N–H and O–H groups in total. The van der Waals surface area contributed by atoms with Crippen molar-refractivity contribution >= 4 is 23.3 Å². The summed E-state index contributed by atoms with van der Waals surface area (Å²) < 4.78 is 13.0. The Hall–Kier alpha value is -2.51. The average molecular weight is 343 g/mol. The lowest BCUT2D eigenvalue weighted by molar-refractivity contribution is 0.618. The molecule has 0 bridgehead atoms. The fraction of sp³-hybridized carbons (Fsp3) is 0.118. The highest BCUT2D eigenvalue weighted by molar-refractivity contribution is 8.03. The molecule has 1 aliphatic rings. The first-order valence-corrected chi connectivity index (χ1v) is 8.12. The van der Waals surface area contributed by atoms with Gasteiger partial charge in [0, 0.05) is 24.6 Å². The number of nitrogens with two attached hydrogens (primary N) is 2. The van der Waals surface area contributed by atoms with Gasteiger partial charge in [-0.2, -0.15) is 0 Å². The number of benzene rings is 2. The van der Waals surface area contributed by atoms with E-state index in [0.29, 0.717) is 10.9 Å². The summed E-state index contributed by atoms with van der Waals surface area (Å²) in [6.45, 7) is 0. The molecule has 0 saturated heterocycles. The molecule has 24 heavy (non-hydrogen) atoms. The molecule has 7 heteroatoms. The van der Waals surface area contributed by atoms with Crippen LogP contribution in [0.25, 0.3) is 0 Å². The highest BCUT2D eigenvalue weighted by Crippen LogP contribution is 2.33. The lowest BCUT2D eigenvalue weighted by Crippen LogP contribution is -2.38. The summed E-state index contributed by atoms with van der Waals surface area (Å²) in [5.74, 6) is 7.19. The van der Waals surface area contributed by atoms with Gasteiger partial charge in [0.25, 0.3) is 0 Å². The Labute approximate surface area is 144 Å². The van der Waals surface area contributed by atoms with Crippen molar-refractivity contribution in [1.82, 2.24) is 4.90 Å². The Morgan fingerprint density at radius 2 is 1.79 bits per heavy atom. The molecule has 0 spiro atoms. The maximum absolute atomic E-state index is 13.0. The van der Waals surface area contributed by atoms with Gasteiger partial charge in [-0.25, -0.2) is 15.2 Å². The van der Waals surface area contributed by atoms with Gasteiger partial charge in [0.15, 0.2) is 5.82 Å². The Bertz CT molecular complexity index is 814. The van der Waals surface area contributed by atoms with E-state index in [2.05, 4.69) is 4.99 Å². The van der Waals surface area contributed by atoms with E-state index >= 15 is 0 Å². The van der Waals surface area contributed by atoms with Crippen molar-refractivity contribution in [3.05, 3.63) is 70.8 Å². The van der Waals surface area contributed by atoms with E-state index in [0.717, 1.165) is 22.0 Å². The van der Waals surface area contributed by atoms with Crippen LogP contribution in [-0.4, -0.2) is 24.8 Å². The number of para-hydroxylation sites is 1. The van der Waals surface area contributed by atoms with Gasteiger partial charge in [-0.05, 0) is 36.4 Å². The zero-order valence-corrected chi connectivity index (χ0v) is 14.2. The first kappa shape index (κ1) is 16.4. The maximum Gasteiger partial charge on any atom is 0.180 e. The monoisotopic (exact) mass is 343 g/mol. The number of hydrogen-bond acceptors (Lipinski definition) is 6. The van der Waals surface area contributed by atoms with E-state index < -0.39 is 0 Å². The number of amidine groups is 1. The topological polar surface area (TPSA) is 70.9 Å². The lowest BCUT2D eigenvalue weighted by Gasteiger charge is -2.30. The van der Waals surface area contributed by atoms with Crippen molar-refractivity contribution in [2.75, 3.05) is 19.1 Å². The highest BCUT2D eigenvalue weighted by atomic mass is 32.2. The minimum absolute atomic E-state index is 0.287. The fourth-order valence-corrected chi connectivity index (χ4v) is 3.15. The van der Waals surface area contributed by atoms with E-state index in [4.69, 9.17) is 11.6 Å². The van der Waals surface area contributed by atoms with Crippen LogP contribution >= 0.6 is 11.8 Å². The van der Waals surface area contributed by atoms with Gasteiger partial charge in [-0.15, -0.1) is 0 Å². The number of thioether (sulfide) groups is 1. The third kappa shape index (κ3) is 3.08. The maximum atomic E-state index is 13.0. The van der Waals surface area contributed by atoms with Gasteiger partial charge in [0.1, 0.15) is 16.7 Å². The number of rotatable bonds is 2. The predicted molar refractivity (Wildman–Crippen MR) is 96.8 cm³/mol. The van der Waals surface area contributed by atoms with Gasteiger partial charge < -0.3 is 10.6 Å². The highest BCUT2D eigenvalue weighted by Gasteiger charge is 2.25. The summed E-state index contributed by atoms with van der Waals surface area (Å²) in [5, 5.41) is 1.92. The first-order chi connectivity index (χ1) is 11.5. The Morgan fingerprint density at radius 3 is 2.46 bits per heavy atom. The molecule has 0 fully saturated rings. The van der Waals surface area contributed by atoms with E-state index in [1.807, 2.05) is 43.3 Å². The smallest absolute Gasteiger partial charge is 0.180 e. The minimum atomic E-state index is -0.287. The van der Waals surface area contributed by atoms with Crippen LogP contribution < -0.4 is 16.6 Å². The summed E-state index contributed by atoms with van der Waals surface area (Å²) in [6, 6.07) is 13.9. The van der Waals surface area contributed by atoms with Gasteiger partial charge in [0.2, 0.25) is 0 Å². The number of hydrogen-bond donors (Lipinski definition) is 2. The molecule has 2 aromatic rings. The molecule has 0 aromatic heterocycles. The van der Waals surface area contributed by atoms with Gasteiger partial charge in [0.05, 0.1) is 5.69 Å². The molecule has 0 saturated carbocycles. The van der Waals surface area contributed by atoms with E-state index in [1.165, 1.54) is 28.9 Å². The van der Waals surface area contributed by atoms with E-state index in [-0.39, 0.29) is 5.82 Å². The largest absolute Gasteiger partial charge is 0.390 e. The Morgan fingerprint density at radius 1 is 1.12 bits per heavy atom. The third-order valence-corrected chi connectivity index (χ3v) is 4.44. The molecule has 0 radical (unpaired) electrons. The van der Waals surface area contributed by atoms with Crippen LogP contribution in [0.2, 0.25) is 0 Å². The molecular formula is C17H18FN5S. The second-order valence-electron chi connectivity index (χ2n) is 5.46. The van der Waals surface area contributed by atoms with Crippen molar-refractivity contribution in [3.8, 4) is 0 Å². The van der Waals surface area contributed by atoms with Crippen LogP contribution in [0.1, 0.15) is 5.56 Å². The minimum Gasteiger partial charge on any atom is -0.390 e. The van der Waals surface area contributed by atoms with Crippen LogP contribution in [0, 0.1) is 5.82 Å². The molecule has 124 valence electrons. The zero-order chi connectivity index (χ0) is 17.3. The van der Waals surface area contributed by atoms with Crippen molar-refractivity contribution in [1.29, 1.82) is 0 Å². The van der Waals surface area contributed by atoms with Crippen molar-refractivity contribution in [3.63, 3.8) is 0 Å². The summed E-state index contributed by atoms with van der Waals surface area (Å²) in [6.07, 6.45) is 0. The summed E-state index contributed by atoms with van der Waals surface area (Å²) in [4.78, 5) is 7.35. The summed E-state index contributed by atoms with van der Waals surface area (Å²) in [5.41, 5.74) is 8.00. The summed E-state index contributed by atoms with van der Waals surface area (Å²) >= 11 is 1.29. The quantitative estimate of drug-likeness (QED) is 0.648. The number of fused-ring (bicyclic) bond motifs is 1. The van der Waals surface area contributed by atoms with Crippen molar-refractivity contribution in [2.24, 2.45) is 16.6 Å². The van der Waals surface area contributed by atoms with Crippen molar-refractivity contribution in [2.45, 2.75) is 4.90 Å². The van der Waals surface area contributed by atoms with Crippen molar-refractivity contribution < 1.29 is 4.39 Å². The number of aliphatic imine (C=N–C) groups is 1. The molecule has 0 unspecified atom stereocenters. The van der Waals surface area contributed by atoms with Crippen LogP contribution in [0.3, 0.4) is 0 Å². The average Bonchev–Trinajstić information content (AvgIpc) is 2.57. The van der Waals surface area contributed by atoms with Gasteiger partial charge in [-0.3, -0.25) is 5.01 Å². The normalized spacial score (nSPS) is 15.7. The van der Waals surface area contributed by atoms with Gasteiger partial charge >= 0.3 is 0 Å². The predicted octanol–water partition coefficient (Wildman–Crippen LogP) is 2.71. The van der Waals surface area contributed by atoms with Crippen LogP contribution in [-0.2, 0) is 0 Å².